The highest BCUT2D eigenvalue weighted by molar-refractivity contribution is 6.24. The first-order valence-corrected chi connectivity index (χ1v) is 13.8. The average Bonchev–Trinajstić information content (AvgIpc) is 3.69. The topological polar surface area (TPSA) is 94.7 Å². The molecule has 4 amide bonds. The van der Waals surface area contributed by atoms with E-state index in [0.717, 1.165) is 46.1 Å². The lowest BCUT2D eigenvalue weighted by Gasteiger charge is -2.36. The van der Waals surface area contributed by atoms with Crippen LogP contribution in [0, 0.1) is 6.92 Å². The molecule has 8 heteroatoms. The maximum Gasteiger partial charge on any atom is 0.332 e. The van der Waals surface area contributed by atoms with Crippen LogP contribution >= 0.6 is 0 Å². The van der Waals surface area contributed by atoms with Gasteiger partial charge in [-0.05, 0) is 49.1 Å². The first-order chi connectivity index (χ1) is 19.5. The first kappa shape index (κ1) is 24.6. The van der Waals surface area contributed by atoms with Gasteiger partial charge in [0, 0.05) is 36.2 Å². The number of aromatic amines is 1. The molecule has 0 unspecified atom stereocenters. The van der Waals surface area contributed by atoms with Gasteiger partial charge in [-0.1, -0.05) is 60.2 Å². The van der Waals surface area contributed by atoms with E-state index < -0.39 is 18.1 Å². The predicted octanol–water partition coefficient (Wildman–Crippen LogP) is 4.87. The fourth-order valence-electron chi connectivity index (χ4n) is 6.36. The number of imide groups is 1. The van der Waals surface area contributed by atoms with Gasteiger partial charge in [-0.25, -0.2) is 9.69 Å². The van der Waals surface area contributed by atoms with E-state index in [1.54, 1.807) is 29.2 Å². The van der Waals surface area contributed by atoms with Crippen molar-refractivity contribution in [1.82, 2.24) is 15.2 Å². The molecule has 0 bridgehead atoms. The van der Waals surface area contributed by atoms with Gasteiger partial charge in [-0.15, -0.1) is 0 Å². The summed E-state index contributed by atoms with van der Waals surface area (Å²) < 4.78 is 5.64. The van der Waals surface area contributed by atoms with Crippen LogP contribution in [0.1, 0.15) is 51.6 Å². The molecule has 0 radical (unpaired) electrons. The number of nitrogens with zero attached hydrogens (tertiary/aromatic N) is 2. The van der Waals surface area contributed by atoms with Gasteiger partial charge < -0.3 is 15.0 Å². The van der Waals surface area contributed by atoms with Crippen LogP contribution in [0.2, 0.25) is 0 Å². The van der Waals surface area contributed by atoms with Crippen molar-refractivity contribution >= 4 is 34.4 Å². The first-order valence-electron chi connectivity index (χ1n) is 13.8. The summed E-state index contributed by atoms with van der Waals surface area (Å²) in [6, 6.07) is 21.4. The summed E-state index contributed by atoms with van der Waals surface area (Å²) >= 11 is 0. The van der Waals surface area contributed by atoms with E-state index in [1.807, 2.05) is 49.4 Å². The second-order valence-electron chi connectivity index (χ2n) is 10.8. The third-order valence-corrected chi connectivity index (χ3v) is 8.35. The number of nitrogens with one attached hydrogen (secondary N) is 2. The zero-order valence-electron chi connectivity index (χ0n) is 22.2. The van der Waals surface area contributed by atoms with Gasteiger partial charge in [-0.3, -0.25) is 14.5 Å². The molecule has 0 aliphatic carbocycles. The van der Waals surface area contributed by atoms with Crippen LogP contribution in [0.15, 0.2) is 72.8 Å². The lowest BCUT2D eigenvalue weighted by molar-refractivity contribution is -0.120. The van der Waals surface area contributed by atoms with Gasteiger partial charge >= 0.3 is 6.03 Å². The van der Waals surface area contributed by atoms with Crippen molar-refractivity contribution in [2.75, 3.05) is 18.1 Å². The minimum Gasteiger partial charge on any atom is -0.376 e. The molecule has 0 spiro atoms. The Morgan fingerprint density at radius 3 is 2.60 bits per heavy atom. The quantitative estimate of drug-likeness (QED) is 0.357. The van der Waals surface area contributed by atoms with Crippen molar-refractivity contribution in [3.63, 3.8) is 0 Å². The van der Waals surface area contributed by atoms with E-state index in [9.17, 15) is 14.4 Å². The van der Waals surface area contributed by atoms with Crippen molar-refractivity contribution in [2.45, 2.75) is 44.4 Å². The molecule has 4 heterocycles. The number of aromatic nitrogens is 1. The Morgan fingerprint density at radius 2 is 1.80 bits per heavy atom. The molecule has 2 saturated heterocycles. The highest BCUT2D eigenvalue weighted by atomic mass is 16.5. The maximum absolute atomic E-state index is 14.2. The van der Waals surface area contributed by atoms with Gasteiger partial charge in [0.1, 0.15) is 12.1 Å². The Bertz CT molecular complexity index is 1640. The molecule has 0 saturated carbocycles. The second kappa shape index (κ2) is 9.64. The molecule has 2 N–H and O–H groups in total. The molecule has 202 valence electrons. The molecule has 2 fully saturated rings. The summed E-state index contributed by atoms with van der Waals surface area (Å²) in [7, 11) is 0. The van der Waals surface area contributed by atoms with Crippen LogP contribution in [0.3, 0.4) is 0 Å². The summed E-state index contributed by atoms with van der Waals surface area (Å²) in [6.07, 6.45) is 2.26. The number of ether oxygens (including phenoxy) is 1. The lowest BCUT2D eigenvalue weighted by Crippen LogP contribution is -2.44. The largest absolute Gasteiger partial charge is 0.376 e. The number of urea groups is 1. The predicted molar refractivity (Wildman–Crippen MR) is 151 cm³/mol. The van der Waals surface area contributed by atoms with Crippen LogP contribution in [0.25, 0.3) is 10.9 Å². The van der Waals surface area contributed by atoms with Crippen molar-refractivity contribution in [1.29, 1.82) is 0 Å². The Labute approximate surface area is 231 Å². The van der Waals surface area contributed by atoms with Crippen molar-refractivity contribution in [3.8, 4) is 0 Å². The number of hydrogen-bond acceptors (Lipinski definition) is 4. The van der Waals surface area contributed by atoms with Gasteiger partial charge in [0.05, 0.1) is 17.4 Å². The number of aryl methyl sites for hydroxylation is 1. The molecule has 7 rings (SSSR count). The molecule has 3 aliphatic heterocycles. The molecule has 40 heavy (non-hydrogen) atoms. The fourth-order valence-corrected chi connectivity index (χ4v) is 6.36. The number of carbonyl (C=O) groups excluding carboxylic acids is 3. The third kappa shape index (κ3) is 3.90. The zero-order chi connectivity index (χ0) is 27.4. The molecule has 4 aromatic rings. The normalized spacial score (nSPS) is 22.1. The Balaban J connectivity index is 1.29. The number of hydrogen-bond donors (Lipinski definition) is 2. The van der Waals surface area contributed by atoms with E-state index in [4.69, 9.17) is 4.74 Å². The lowest BCUT2D eigenvalue weighted by atomic mass is 9.88. The van der Waals surface area contributed by atoms with Gasteiger partial charge in [-0.2, -0.15) is 0 Å². The average molecular weight is 535 g/mol. The number of H-pyrrole nitrogens is 1. The maximum atomic E-state index is 14.2. The van der Waals surface area contributed by atoms with E-state index >= 15 is 0 Å². The van der Waals surface area contributed by atoms with Crippen molar-refractivity contribution in [3.05, 3.63) is 101 Å². The molecule has 1 aromatic heterocycles. The zero-order valence-corrected chi connectivity index (χ0v) is 22.2. The number of rotatable bonds is 5. The van der Waals surface area contributed by atoms with Gasteiger partial charge in [0.15, 0.2) is 0 Å². The second-order valence-corrected chi connectivity index (χ2v) is 10.8. The number of carbonyl (C=O) groups is 3. The molecule has 3 aliphatic rings. The minimum atomic E-state index is -0.687. The Morgan fingerprint density at radius 1 is 1.02 bits per heavy atom. The number of fused-ring (bicyclic) bond motifs is 4. The Kier molecular flexibility index (Phi) is 5.93. The standard InChI is InChI=1S/C32H30N4O4/c1-19-12-14-20(15-13-19)29-28-24(22-8-2-4-10-25(22)34-28)17-27-31(38)36(32(39)35(27)29)26-11-5-3-9-23(26)30(37)33-18-21-7-6-16-40-21/h2-5,8-15,21,27,29,34H,6-7,16-18H2,1H3,(H,33,37)/t21-,27+,29-/m1/s1. The van der Waals surface area contributed by atoms with Crippen LogP contribution in [0.5, 0.6) is 0 Å². The summed E-state index contributed by atoms with van der Waals surface area (Å²) in [4.78, 5) is 48.0. The molecular formula is C32H30N4O4. The molecule has 3 atom stereocenters. The minimum absolute atomic E-state index is 0.0146. The molecular weight excluding hydrogens is 504 g/mol. The van der Waals surface area contributed by atoms with Gasteiger partial charge in [0.25, 0.3) is 11.8 Å². The van der Waals surface area contributed by atoms with E-state index in [0.29, 0.717) is 25.3 Å². The highest BCUT2D eigenvalue weighted by Crippen LogP contribution is 2.45. The summed E-state index contributed by atoms with van der Waals surface area (Å²) in [5.74, 6) is -0.653. The van der Waals surface area contributed by atoms with Crippen molar-refractivity contribution in [2.24, 2.45) is 0 Å². The Hall–Kier alpha value is -4.43. The van der Waals surface area contributed by atoms with E-state index in [-0.39, 0.29) is 23.5 Å². The summed E-state index contributed by atoms with van der Waals surface area (Å²) in [5, 5.41) is 3.99. The number of amides is 4. The smallest absolute Gasteiger partial charge is 0.332 e. The van der Waals surface area contributed by atoms with Gasteiger partial charge in [0.2, 0.25) is 0 Å². The van der Waals surface area contributed by atoms with Crippen LogP contribution in [-0.2, 0) is 16.0 Å². The summed E-state index contributed by atoms with van der Waals surface area (Å²) in [5.41, 5.74) is 5.58. The SMILES string of the molecule is Cc1ccc([C@@H]2c3[nH]c4ccccc4c3C[C@H]3C(=O)N(c4ccccc4C(=O)NC[C@H]4CCCO4)C(=O)N23)cc1. The number of anilines is 1. The highest BCUT2D eigenvalue weighted by Gasteiger charge is 2.53. The van der Waals surface area contributed by atoms with Crippen LogP contribution < -0.4 is 10.2 Å². The van der Waals surface area contributed by atoms with E-state index in [2.05, 4.69) is 16.4 Å². The third-order valence-electron chi connectivity index (χ3n) is 8.35. The van der Waals surface area contributed by atoms with Crippen LogP contribution in [0.4, 0.5) is 10.5 Å². The van der Waals surface area contributed by atoms with Crippen LogP contribution in [-0.4, -0.2) is 53.0 Å². The van der Waals surface area contributed by atoms with Crippen molar-refractivity contribution < 1.29 is 19.1 Å². The number of para-hydroxylation sites is 2. The fraction of sp³-hybridized carbons (Fsp3) is 0.281. The monoisotopic (exact) mass is 534 g/mol. The molecule has 8 nitrogen and oxygen atoms in total. The number of benzene rings is 3. The van der Waals surface area contributed by atoms with E-state index in [1.165, 1.54) is 4.90 Å². The summed E-state index contributed by atoms with van der Waals surface area (Å²) in [6.45, 7) is 3.11. The molecule has 3 aromatic carbocycles.